The minimum absolute atomic E-state index is 0.397. The zero-order valence-electron chi connectivity index (χ0n) is 9.58. The molecular weight excluding hydrogens is 248 g/mol. The molecule has 0 saturated heterocycles. The number of nitrogens with zero attached hydrogens (tertiary/aromatic N) is 4. The molecule has 0 bridgehead atoms. The molecule has 6 nitrogen and oxygen atoms in total. The van der Waals surface area contributed by atoms with Crippen molar-refractivity contribution in [3.63, 3.8) is 0 Å². The quantitative estimate of drug-likeness (QED) is 0.735. The number of imidazole rings is 1. The Morgan fingerprint density at radius 1 is 1.33 bits per heavy atom. The molecule has 3 rings (SSSR count). The average molecular weight is 260 g/mol. The summed E-state index contributed by atoms with van der Waals surface area (Å²) in [5.41, 5.74) is 12.9. The lowest BCUT2D eigenvalue weighted by atomic mass is 10.4. The Kier molecular flexibility index (Phi) is 2.69. The van der Waals surface area contributed by atoms with Crippen LogP contribution in [0.1, 0.15) is 0 Å². The summed E-state index contributed by atoms with van der Waals surface area (Å²) >= 11 is 1.62. The van der Waals surface area contributed by atoms with Gasteiger partial charge in [0.2, 0.25) is 0 Å². The van der Waals surface area contributed by atoms with Gasteiger partial charge in [-0.3, -0.25) is 0 Å². The summed E-state index contributed by atoms with van der Waals surface area (Å²) in [5.74, 6) is 1.24. The van der Waals surface area contributed by atoms with Gasteiger partial charge in [-0.2, -0.15) is 0 Å². The zero-order valence-corrected chi connectivity index (χ0v) is 10.4. The van der Waals surface area contributed by atoms with E-state index >= 15 is 0 Å². The molecule has 0 aliphatic rings. The molecule has 0 fully saturated rings. The van der Waals surface area contributed by atoms with Crippen molar-refractivity contribution in [2.45, 2.75) is 6.54 Å². The number of hydrogen-bond donors (Lipinski definition) is 2. The highest BCUT2D eigenvalue weighted by atomic mass is 32.1. The van der Waals surface area contributed by atoms with Crippen LogP contribution in [0.5, 0.6) is 0 Å². The van der Waals surface area contributed by atoms with E-state index in [4.69, 9.17) is 11.5 Å². The first-order valence-corrected chi connectivity index (χ1v) is 6.40. The molecule has 0 unspecified atom stereocenters. The van der Waals surface area contributed by atoms with Gasteiger partial charge in [-0.1, -0.05) is 6.07 Å². The number of hydrogen-bond acceptors (Lipinski definition) is 6. The van der Waals surface area contributed by atoms with Gasteiger partial charge < -0.3 is 16.0 Å². The number of nitrogen functional groups attached to an aromatic ring is 1. The van der Waals surface area contributed by atoms with Crippen LogP contribution in [-0.4, -0.2) is 26.1 Å². The van der Waals surface area contributed by atoms with Crippen LogP contribution >= 0.6 is 11.3 Å². The van der Waals surface area contributed by atoms with Gasteiger partial charge in [0.05, 0.1) is 4.88 Å². The molecule has 7 heteroatoms. The molecule has 3 aromatic rings. The Labute approximate surface area is 107 Å². The van der Waals surface area contributed by atoms with Crippen molar-refractivity contribution in [3.05, 3.63) is 23.8 Å². The van der Waals surface area contributed by atoms with Gasteiger partial charge in [0.1, 0.15) is 6.33 Å². The zero-order chi connectivity index (χ0) is 12.5. The van der Waals surface area contributed by atoms with Gasteiger partial charge in [0.15, 0.2) is 22.8 Å². The second-order valence-corrected chi connectivity index (χ2v) is 4.73. The van der Waals surface area contributed by atoms with Crippen LogP contribution in [0.2, 0.25) is 0 Å². The summed E-state index contributed by atoms with van der Waals surface area (Å²) in [5, 5.41) is 2.01. The molecule has 0 atom stereocenters. The first-order valence-electron chi connectivity index (χ1n) is 5.52. The largest absolute Gasteiger partial charge is 0.382 e. The smallest absolute Gasteiger partial charge is 0.165 e. The predicted molar refractivity (Wildman–Crippen MR) is 72.1 cm³/mol. The second-order valence-electron chi connectivity index (χ2n) is 3.78. The molecule has 0 saturated carbocycles. The minimum Gasteiger partial charge on any atom is -0.382 e. The van der Waals surface area contributed by atoms with Crippen LogP contribution < -0.4 is 11.5 Å². The maximum Gasteiger partial charge on any atom is 0.165 e. The van der Waals surface area contributed by atoms with E-state index in [-0.39, 0.29) is 0 Å². The molecule has 3 aromatic heterocycles. The first kappa shape index (κ1) is 11.1. The van der Waals surface area contributed by atoms with Gasteiger partial charge in [0, 0.05) is 13.1 Å². The molecule has 92 valence electrons. The molecule has 0 aliphatic heterocycles. The third-order valence-corrected chi connectivity index (χ3v) is 3.52. The molecule has 0 aromatic carbocycles. The van der Waals surface area contributed by atoms with Crippen molar-refractivity contribution < 1.29 is 0 Å². The lowest BCUT2D eigenvalue weighted by Crippen LogP contribution is -2.11. The topological polar surface area (TPSA) is 95.6 Å². The molecule has 0 spiro atoms. The normalized spacial score (nSPS) is 11.2. The lowest BCUT2D eigenvalue weighted by Gasteiger charge is -2.04. The fourth-order valence-electron chi connectivity index (χ4n) is 1.89. The predicted octanol–water partition coefficient (Wildman–Crippen LogP) is 1.10. The van der Waals surface area contributed by atoms with Crippen molar-refractivity contribution in [3.8, 4) is 10.7 Å². The Morgan fingerprint density at radius 2 is 2.22 bits per heavy atom. The molecule has 0 radical (unpaired) electrons. The van der Waals surface area contributed by atoms with Gasteiger partial charge >= 0.3 is 0 Å². The average Bonchev–Trinajstić information content (AvgIpc) is 2.98. The van der Waals surface area contributed by atoms with E-state index in [9.17, 15) is 0 Å². The van der Waals surface area contributed by atoms with Gasteiger partial charge in [-0.15, -0.1) is 11.3 Å². The summed E-state index contributed by atoms with van der Waals surface area (Å²) in [4.78, 5) is 13.8. The number of nitrogens with two attached hydrogens (primary N) is 2. The third-order valence-electron chi connectivity index (χ3n) is 2.65. The molecule has 3 heterocycles. The molecular formula is C11H12N6S. The van der Waals surface area contributed by atoms with E-state index in [0.717, 1.165) is 16.3 Å². The Morgan fingerprint density at radius 3 is 2.94 bits per heavy atom. The fourth-order valence-corrected chi connectivity index (χ4v) is 2.61. The van der Waals surface area contributed by atoms with Crippen LogP contribution in [0.25, 0.3) is 21.9 Å². The molecule has 0 amide bonds. The fraction of sp³-hybridized carbons (Fsp3) is 0.182. The van der Waals surface area contributed by atoms with E-state index in [0.29, 0.717) is 24.4 Å². The highest BCUT2D eigenvalue weighted by molar-refractivity contribution is 7.13. The van der Waals surface area contributed by atoms with Crippen molar-refractivity contribution >= 4 is 28.3 Å². The third kappa shape index (κ3) is 1.64. The van der Waals surface area contributed by atoms with E-state index in [1.54, 1.807) is 11.3 Å². The highest BCUT2D eigenvalue weighted by Crippen LogP contribution is 2.28. The molecule has 18 heavy (non-hydrogen) atoms. The summed E-state index contributed by atoms with van der Waals surface area (Å²) in [6, 6.07) is 4.00. The van der Waals surface area contributed by atoms with Crippen LogP contribution in [-0.2, 0) is 6.54 Å². The molecule has 4 N–H and O–H groups in total. The SMILES string of the molecule is NCCn1c(-c2cccs2)nc2c(N)ncnc21. The Bertz CT molecular complexity index is 672. The maximum absolute atomic E-state index is 5.83. The van der Waals surface area contributed by atoms with Crippen LogP contribution in [0, 0.1) is 0 Å². The summed E-state index contributed by atoms with van der Waals surface area (Å²) in [6.45, 7) is 1.17. The second kappa shape index (κ2) is 4.35. The molecule has 0 aliphatic carbocycles. The Hall–Kier alpha value is -1.99. The van der Waals surface area contributed by atoms with Gasteiger partial charge in [-0.25, -0.2) is 15.0 Å². The number of rotatable bonds is 3. The van der Waals surface area contributed by atoms with E-state index in [1.807, 2.05) is 22.1 Å². The van der Waals surface area contributed by atoms with Crippen molar-refractivity contribution in [2.24, 2.45) is 5.73 Å². The first-order chi connectivity index (χ1) is 8.81. The lowest BCUT2D eigenvalue weighted by molar-refractivity contribution is 0.729. The summed E-state index contributed by atoms with van der Waals surface area (Å²) in [7, 11) is 0. The van der Waals surface area contributed by atoms with Crippen molar-refractivity contribution in [1.82, 2.24) is 19.5 Å². The number of fused-ring (bicyclic) bond motifs is 1. The van der Waals surface area contributed by atoms with E-state index in [1.165, 1.54) is 6.33 Å². The van der Waals surface area contributed by atoms with E-state index < -0.39 is 0 Å². The summed E-state index contributed by atoms with van der Waals surface area (Å²) in [6.07, 6.45) is 1.45. The monoisotopic (exact) mass is 260 g/mol. The minimum atomic E-state index is 0.397. The highest BCUT2D eigenvalue weighted by Gasteiger charge is 2.15. The Balaban J connectivity index is 2.30. The van der Waals surface area contributed by atoms with Gasteiger partial charge in [0.25, 0.3) is 0 Å². The summed E-state index contributed by atoms with van der Waals surface area (Å²) < 4.78 is 1.99. The number of thiophene rings is 1. The van der Waals surface area contributed by atoms with Gasteiger partial charge in [-0.05, 0) is 11.4 Å². The number of anilines is 1. The van der Waals surface area contributed by atoms with Crippen LogP contribution in [0.15, 0.2) is 23.8 Å². The van der Waals surface area contributed by atoms with Crippen molar-refractivity contribution in [1.29, 1.82) is 0 Å². The van der Waals surface area contributed by atoms with Crippen LogP contribution in [0.4, 0.5) is 5.82 Å². The standard InChI is InChI=1S/C11H12N6S/c12-3-4-17-10(7-2-1-5-18-7)16-8-9(13)14-6-15-11(8)17/h1-2,5-6H,3-4,12H2,(H2,13,14,15). The maximum atomic E-state index is 5.83. The van der Waals surface area contributed by atoms with Crippen LogP contribution in [0.3, 0.4) is 0 Å². The number of aromatic nitrogens is 4. The van der Waals surface area contributed by atoms with Crippen molar-refractivity contribution in [2.75, 3.05) is 12.3 Å². The van der Waals surface area contributed by atoms with E-state index in [2.05, 4.69) is 15.0 Å².